The van der Waals surface area contributed by atoms with Crippen molar-refractivity contribution in [3.8, 4) is 0 Å². The summed E-state index contributed by atoms with van der Waals surface area (Å²) in [5, 5.41) is 19.8. The van der Waals surface area contributed by atoms with Crippen LogP contribution >= 0.6 is 0 Å². The van der Waals surface area contributed by atoms with Crippen molar-refractivity contribution in [3.05, 3.63) is 34.4 Å². The van der Waals surface area contributed by atoms with Crippen LogP contribution in [0.5, 0.6) is 0 Å². The molecule has 0 unspecified atom stereocenters. The van der Waals surface area contributed by atoms with Gasteiger partial charge in [-0.3, -0.25) is 14.9 Å². The first-order valence-electron chi connectivity index (χ1n) is 5.62. The Balaban J connectivity index is 3.11. The van der Waals surface area contributed by atoms with Gasteiger partial charge in [0.15, 0.2) is 0 Å². The lowest BCUT2D eigenvalue weighted by Gasteiger charge is -2.24. The van der Waals surface area contributed by atoms with E-state index in [4.69, 9.17) is 5.11 Å². The summed E-state index contributed by atoms with van der Waals surface area (Å²) in [6.07, 6.45) is 0. The number of nitro groups is 1. The highest BCUT2D eigenvalue weighted by Gasteiger charge is 2.21. The largest absolute Gasteiger partial charge is 0.480 e. The summed E-state index contributed by atoms with van der Waals surface area (Å²) in [6, 6.07) is 6.18. The summed E-state index contributed by atoms with van der Waals surface area (Å²) in [6.45, 7) is 4.08. The van der Waals surface area contributed by atoms with Gasteiger partial charge in [0.25, 0.3) is 5.69 Å². The molecule has 0 aliphatic rings. The van der Waals surface area contributed by atoms with Gasteiger partial charge in [-0.25, -0.2) is 0 Å². The van der Waals surface area contributed by atoms with Gasteiger partial charge >= 0.3 is 5.97 Å². The fraction of sp³-hybridized carbons (Fsp3) is 0.417. The summed E-state index contributed by atoms with van der Waals surface area (Å²) in [5.41, 5.74) is 0.276. The topological polar surface area (TPSA) is 83.7 Å². The molecule has 0 aliphatic carbocycles. The monoisotopic (exact) mass is 252 g/mol. The van der Waals surface area contributed by atoms with Crippen LogP contribution in [-0.2, 0) is 4.79 Å². The minimum absolute atomic E-state index is 0.0700. The first-order valence-corrected chi connectivity index (χ1v) is 5.62. The highest BCUT2D eigenvalue weighted by molar-refractivity contribution is 5.76. The van der Waals surface area contributed by atoms with Gasteiger partial charge in [0, 0.05) is 12.6 Å². The molecule has 0 bridgehead atoms. The van der Waals surface area contributed by atoms with Crippen LogP contribution in [0.3, 0.4) is 0 Å². The fourth-order valence-electron chi connectivity index (χ4n) is 1.74. The highest BCUT2D eigenvalue weighted by atomic mass is 16.6. The molecule has 0 spiro atoms. The van der Waals surface area contributed by atoms with E-state index in [1.165, 1.54) is 11.0 Å². The van der Waals surface area contributed by atoms with Crippen molar-refractivity contribution >= 4 is 17.3 Å². The van der Waals surface area contributed by atoms with E-state index in [1.54, 1.807) is 18.2 Å². The number of carboxylic acid groups (broad SMARTS) is 1. The minimum Gasteiger partial charge on any atom is -0.480 e. The molecular formula is C12H16N2O4. The summed E-state index contributed by atoms with van der Waals surface area (Å²) >= 11 is 0. The molecule has 0 amide bonds. The molecule has 6 nitrogen and oxygen atoms in total. The predicted octanol–water partition coefficient (Wildman–Crippen LogP) is 2.14. The first kappa shape index (κ1) is 14.0. The Morgan fingerprint density at radius 3 is 2.56 bits per heavy atom. The Morgan fingerprint density at radius 1 is 1.44 bits per heavy atom. The number of hydrogen-bond donors (Lipinski definition) is 1. The van der Waals surface area contributed by atoms with E-state index in [0.29, 0.717) is 12.2 Å². The molecule has 1 aromatic rings. The summed E-state index contributed by atoms with van der Waals surface area (Å²) in [7, 11) is 0. The summed E-state index contributed by atoms with van der Waals surface area (Å²) < 4.78 is 0. The molecule has 1 N–H and O–H groups in total. The molecule has 1 aromatic carbocycles. The normalized spacial score (nSPS) is 10.4. The number of hydrogen-bond acceptors (Lipinski definition) is 4. The maximum absolute atomic E-state index is 10.9. The maximum atomic E-state index is 10.9. The second-order valence-electron chi connectivity index (χ2n) is 4.41. The first-order chi connectivity index (χ1) is 8.41. The summed E-state index contributed by atoms with van der Waals surface area (Å²) in [4.78, 5) is 22.8. The Hall–Kier alpha value is -2.11. The molecule has 18 heavy (non-hydrogen) atoms. The van der Waals surface area contributed by atoms with E-state index < -0.39 is 10.9 Å². The average Bonchev–Trinajstić information content (AvgIpc) is 2.26. The third-order valence-electron chi connectivity index (χ3n) is 2.33. The lowest BCUT2D eigenvalue weighted by molar-refractivity contribution is -0.384. The molecule has 0 aromatic heterocycles. The lowest BCUT2D eigenvalue weighted by atomic mass is 10.1. The fourth-order valence-corrected chi connectivity index (χ4v) is 1.74. The van der Waals surface area contributed by atoms with Crippen molar-refractivity contribution in [2.24, 2.45) is 5.92 Å². The van der Waals surface area contributed by atoms with Gasteiger partial charge in [-0.15, -0.1) is 0 Å². The lowest BCUT2D eigenvalue weighted by Crippen LogP contribution is -2.33. The second kappa shape index (κ2) is 6.00. The molecule has 0 radical (unpaired) electrons. The van der Waals surface area contributed by atoms with Crippen LogP contribution in [0.25, 0.3) is 0 Å². The molecule has 6 heteroatoms. The molecule has 0 atom stereocenters. The maximum Gasteiger partial charge on any atom is 0.323 e. The minimum atomic E-state index is -1.01. The Bertz CT molecular complexity index is 445. The van der Waals surface area contributed by atoms with E-state index in [0.717, 1.165) is 0 Å². The van der Waals surface area contributed by atoms with Gasteiger partial charge in [-0.1, -0.05) is 26.0 Å². The number of anilines is 1. The van der Waals surface area contributed by atoms with Gasteiger partial charge in [-0.2, -0.15) is 0 Å². The molecule has 0 fully saturated rings. The van der Waals surface area contributed by atoms with Crippen LogP contribution < -0.4 is 4.90 Å². The van der Waals surface area contributed by atoms with Crippen molar-refractivity contribution in [1.29, 1.82) is 0 Å². The number of carbonyl (C=O) groups is 1. The van der Waals surface area contributed by atoms with Crippen molar-refractivity contribution in [2.45, 2.75) is 13.8 Å². The van der Waals surface area contributed by atoms with Crippen molar-refractivity contribution in [3.63, 3.8) is 0 Å². The van der Waals surface area contributed by atoms with Crippen molar-refractivity contribution in [2.75, 3.05) is 18.0 Å². The predicted molar refractivity (Wildman–Crippen MR) is 67.8 cm³/mol. The van der Waals surface area contributed by atoms with E-state index in [9.17, 15) is 14.9 Å². The Labute approximate surface area is 105 Å². The smallest absolute Gasteiger partial charge is 0.323 e. The zero-order valence-corrected chi connectivity index (χ0v) is 10.4. The van der Waals surface area contributed by atoms with E-state index >= 15 is 0 Å². The number of benzene rings is 1. The van der Waals surface area contributed by atoms with E-state index in [-0.39, 0.29) is 18.2 Å². The van der Waals surface area contributed by atoms with Crippen LogP contribution in [0.4, 0.5) is 11.4 Å². The summed E-state index contributed by atoms with van der Waals surface area (Å²) in [5.74, 6) is -0.794. The number of para-hydroxylation sites is 2. The van der Waals surface area contributed by atoms with Gasteiger partial charge in [-0.05, 0) is 12.0 Å². The van der Waals surface area contributed by atoms with Crippen LogP contribution in [0.15, 0.2) is 24.3 Å². The molecule has 0 heterocycles. The number of rotatable bonds is 6. The van der Waals surface area contributed by atoms with Crippen LogP contribution in [-0.4, -0.2) is 29.1 Å². The SMILES string of the molecule is CC(C)CN(CC(=O)O)c1ccccc1[N+](=O)[O-]. The quantitative estimate of drug-likeness (QED) is 0.619. The van der Waals surface area contributed by atoms with Gasteiger partial charge < -0.3 is 10.0 Å². The molecule has 0 saturated carbocycles. The van der Waals surface area contributed by atoms with Crippen molar-refractivity contribution < 1.29 is 14.8 Å². The standard InChI is InChI=1S/C12H16N2O4/c1-9(2)7-13(8-12(15)16)10-5-3-4-6-11(10)14(17)18/h3-6,9H,7-8H2,1-2H3,(H,15,16). The van der Waals surface area contributed by atoms with Crippen LogP contribution in [0.2, 0.25) is 0 Å². The van der Waals surface area contributed by atoms with Crippen LogP contribution in [0.1, 0.15) is 13.8 Å². The Morgan fingerprint density at radius 2 is 2.06 bits per heavy atom. The number of nitro benzene ring substituents is 1. The average molecular weight is 252 g/mol. The number of aliphatic carboxylic acids is 1. The van der Waals surface area contributed by atoms with E-state index in [2.05, 4.69) is 0 Å². The van der Waals surface area contributed by atoms with Gasteiger partial charge in [0.05, 0.1) is 4.92 Å². The third kappa shape index (κ3) is 3.73. The van der Waals surface area contributed by atoms with E-state index in [1.807, 2.05) is 13.8 Å². The third-order valence-corrected chi connectivity index (χ3v) is 2.33. The van der Waals surface area contributed by atoms with Gasteiger partial charge in [0.2, 0.25) is 0 Å². The zero-order valence-electron chi connectivity index (χ0n) is 10.4. The highest BCUT2D eigenvalue weighted by Crippen LogP contribution is 2.27. The number of nitrogens with zero attached hydrogens (tertiary/aromatic N) is 2. The van der Waals surface area contributed by atoms with Crippen LogP contribution in [0, 0.1) is 16.0 Å². The number of carboxylic acids is 1. The van der Waals surface area contributed by atoms with Gasteiger partial charge in [0.1, 0.15) is 12.2 Å². The molecule has 1 rings (SSSR count). The molecule has 0 saturated heterocycles. The molecule has 98 valence electrons. The molecule has 0 aliphatic heterocycles. The molecular weight excluding hydrogens is 236 g/mol. The second-order valence-corrected chi connectivity index (χ2v) is 4.41. The Kier molecular flexibility index (Phi) is 4.65. The van der Waals surface area contributed by atoms with Crippen molar-refractivity contribution in [1.82, 2.24) is 0 Å². The zero-order chi connectivity index (χ0) is 13.7.